The van der Waals surface area contributed by atoms with Crippen LogP contribution in [-0.4, -0.2) is 17.1 Å². The van der Waals surface area contributed by atoms with Gasteiger partial charge < -0.3 is 10.1 Å². The van der Waals surface area contributed by atoms with Gasteiger partial charge in [0.15, 0.2) is 0 Å². The summed E-state index contributed by atoms with van der Waals surface area (Å²) in [5.41, 5.74) is 0. The third kappa shape index (κ3) is 2.49. The lowest BCUT2D eigenvalue weighted by atomic mass is 10.3. The second-order valence-corrected chi connectivity index (χ2v) is 4.24. The summed E-state index contributed by atoms with van der Waals surface area (Å²) in [4.78, 5) is 8.47. The second-order valence-electron chi connectivity index (χ2n) is 3.32. The van der Waals surface area contributed by atoms with Crippen molar-refractivity contribution < 1.29 is 4.74 Å². The van der Waals surface area contributed by atoms with Crippen molar-refractivity contribution >= 4 is 17.2 Å². The Kier molecular flexibility index (Phi) is 3.36. The van der Waals surface area contributed by atoms with Gasteiger partial charge in [0.05, 0.1) is 13.2 Å². The first kappa shape index (κ1) is 10.9. The SMILES string of the molecule is COc1ccnc(NC(C)c2nccs2)c1. The summed E-state index contributed by atoms with van der Waals surface area (Å²) in [5.74, 6) is 1.59. The first-order chi connectivity index (χ1) is 7.79. The van der Waals surface area contributed by atoms with Gasteiger partial charge in [0.25, 0.3) is 0 Å². The summed E-state index contributed by atoms with van der Waals surface area (Å²) in [6.45, 7) is 2.06. The average Bonchev–Trinajstić information content (AvgIpc) is 2.83. The molecule has 1 atom stereocenters. The smallest absolute Gasteiger partial charge is 0.130 e. The molecule has 0 amide bonds. The summed E-state index contributed by atoms with van der Waals surface area (Å²) in [7, 11) is 1.64. The Hall–Kier alpha value is -1.62. The normalized spacial score (nSPS) is 12.1. The van der Waals surface area contributed by atoms with Crippen LogP contribution in [0.15, 0.2) is 29.9 Å². The van der Waals surface area contributed by atoms with Crippen molar-refractivity contribution in [3.8, 4) is 5.75 Å². The van der Waals surface area contributed by atoms with Gasteiger partial charge >= 0.3 is 0 Å². The minimum atomic E-state index is 0.152. The molecule has 0 aliphatic heterocycles. The summed E-state index contributed by atoms with van der Waals surface area (Å²) < 4.78 is 5.13. The van der Waals surface area contributed by atoms with Crippen LogP contribution in [0.2, 0.25) is 0 Å². The molecule has 0 fully saturated rings. The third-order valence-electron chi connectivity index (χ3n) is 2.15. The average molecular weight is 235 g/mol. The Morgan fingerprint density at radius 3 is 2.94 bits per heavy atom. The Bertz CT molecular complexity index is 444. The predicted molar refractivity (Wildman–Crippen MR) is 64.9 cm³/mol. The summed E-state index contributed by atoms with van der Waals surface area (Å²) in [5, 5.41) is 6.29. The van der Waals surface area contributed by atoms with Crippen LogP contribution in [0.1, 0.15) is 18.0 Å². The van der Waals surface area contributed by atoms with Gasteiger partial charge in [-0.1, -0.05) is 0 Å². The molecule has 0 spiro atoms. The molecule has 0 radical (unpaired) electrons. The van der Waals surface area contributed by atoms with E-state index in [1.165, 1.54) is 0 Å². The number of methoxy groups -OCH3 is 1. The highest BCUT2D eigenvalue weighted by molar-refractivity contribution is 7.09. The van der Waals surface area contributed by atoms with E-state index in [9.17, 15) is 0 Å². The Morgan fingerprint density at radius 1 is 1.38 bits per heavy atom. The molecule has 2 heterocycles. The van der Waals surface area contributed by atoms with E-state index in [4.69, 9.17) is 4.74 Å². The molecule has 2 rings (SSSR count). The number of hydrogen-bond acceptors (Lipinski definition) is 5. The highest BCUT2D eigenvalue weighted by Gasteiger charge is 2.08. The van der Waals surface area contributed by atoms with Crippen LogP contribution in [0.25, 0.3) is 0 Å². The van der Waals surface area contributed by atoms with E-state index in [1.54, 1.807) is 30.8 Å². The molecule has 0 aliphatic carbocycles. The maximum Gasteiger partial charge on any atom is 0.130 e. The van der Waals surface area contributed by atoms with Gasteiger partial charge in [-0.05, 0) is 13.0 Å². The number of pyridine rings is 1. The number of nitrogens with one attached hydrogen (secondary N) is 1. The van der Waals surface area contributed by atoms with Crippen molar-refractivity contribution in [3.63, 3.8) is 0 Å². The predicted octanol–water partition coefficient (Wildman–Crippen LogP) is 2.72. The molecule has 5 heteroatoms. The van der Waals surface area contributed by atoms with Gasteiger partial charge in [0, 0.05) is 23.8 Å². The summed E-state index contributed by atoms with van der Waals surface area (Å²) >= 11 is 1.63. The van der Waals surface area contributed by atoms with E-state index < -0.39 is 0 Å². The van der Waals surface area contributed by atoms with Crippen LogP contribution >= 0.6 is 11.3 Å². The Labute approximate surface area is 98.3 Å². The first-order valence-electron chi connectivity index (χ1n) is 4.95. The van der Waals surface area contributed by atoms with E-state index in [-0.39, 0.29) is 6.04 Å². The fourth-order valence-electron chi connectivity index (χ4n) is 1.35. The molecule has 2 aromatic rings. The molecule has 0 aliphatic rings. The lowest BCUT2D eigenvalue weighted by molar-refractivity contribution is 0.414. The highest BCUT2D eigenvalue weighted by Crippen LogP contribution is 2.21. The molecule has 0 bridgehead atoms. The maximum absolute atomic E-state index is 5.13. The molecular formula is C11H13N3OS. The van der Waals surface area contributed by atoms with Gasteiger partial charge in [-0.25, -0.2) is 9.97 Å². The second kappa shape index (κ2) is 4.94. The fraction of sp³-hybridized carbons (Fsp3) is 0.273. The van der Waals surface area contributed by atoms with Gasteiger partial charge in [-0.15, -0.1) is 11.3 Å². The van der Waals surface area contributed by atoms with Crippen molar-refractivity contribution in [2.75, 3.05) is 12.4 Å². The van der Waals surface area contributed by atoms with Crippen molar-refractivity contribution in [2.24, 2.45) is 0 Å². The number of hydrogen-bond donors (Lipinski definition) is 1. The quantitative estimate of drug-likeness (QED) is 0.885. The standard InChI is InChI=1S/C11H13N3OS/c1-8(11-13-5-6-16-11)14-10-7-9(15-2)3-4-12-10/h3-8H,1-2H3,(H,12,14). The molecule has 0 saturated carbocycles. The van der Waals surface area contributed by atoms with Crippen LogP contribution in [0.3, 0.4) is 0 Å². The van der Waals surface area contributed by atoms with Crippen molar-refractivity contribution in [1.29, 1.82) is 0 Å². The minimum absolute atomic E-state index is 0.152. The van der Waals surface area contributed by atoms with E-state index in [2.05, 4.69) is 22.2 Å². The van der Waals surface area contributed by atoms with Crippen LogP contribution in [0.4, 0.5) is 5.82 Å². The molecule has 0 aromatic carbocycles. The fourth-order valence-corrected chi connectivity index (χ4v) is 1.99. The van der Waals surface area contributed by atoms with E-state index in [1.807, 2.05) is 17.5 Å². The molecule has 1 unspecified atom stereocenters. The summed E-state index contributed by atoms with van der Waals surface area (Å²) in [6.07, 6.45) is 3.52. The number of nitrogens with zero attached hydrogens (tertiary/aromatic N) is 2. The van der Waals surface area contributed by atoms with Crippen LogP contribution in [-0.2, 0) is 0 Å². The molecule has 2 aromatic heterocycles. The molecule has 16 heavy (non-hydrogen) atoms. The van der Waals surface area contributed by atoms with Crippen LogP contribution in [0, 0.1) is 0 Å². The molecule has 4 nitrogen and oxygen atoms in total. The van der Waals surface area contributed by atoms with Crippen LogP contribution < -0.4 is 10.1 Å². The van der Waals surface area contributed by atoms with Gasteiger partial charge in [-0.2, -0.15) is 0 Å². The van der Waals surface area contributed by atoms with Crippen molar-refractivity contribution in [2.45, 2.75) is 13.0 Å². The zero-order chi connectivity index (χ0) is 11.4. The van der Waals surface area contributed by atoms with E-state index in [0.29, 0.717) is 0 Å². The maximum atomic E-state index is 5.13. The third-order valence-corrected chi connectivity index (χ3v) is 3.11. The van der Waals surface area contributed by atoms with Crippen LogP contribution in [0.5, 0.6) is 5.75 Å². The number of anilines is 1. The van der Waals surface area contributed by atoms with Gasteiger partial charge in [-0.3, -0.25) is 0 Å². The molecular weight excluding hydrogens is 222 g/mol. The Morgan fingerprint density at radius 2 is 2.25 bits per heavy atom. The first-order valence-corrected chi connectivity index (χ1v) is 5.83. The largest absolute Gasteiger partial charge is 0.497 e. The number of ether oxygens (including phenoxy) is 1. The topological polar surface area (TPSA) is 47.0 Å². The lowest BCUT2D eigenvalue weighted by Crippen LogP contribution is -2.07. The van der Waals surface area contributed by atoms with Crippen molar-refractivity contribution in [1.82, 2.24) is 9.97 Å². The van der Waals surface area contributed by atoms with E-state index >= 15 is 0 Å². The minimum Gasteiger partial charge on any atom is -0.497 e. The number of rotatable bonds is 4. The molecule has 1 N–H and O–H groups in total. The van der Waals surface area contributed by atoms with Gasteiger partial charge in [0.2, 0.25) is 0 Å². The summed E-state index contributed by atoms with van der Waals surface area (Å²) in [6, 6.07) is 3.84. The Balaban J connectivity index is 2.08. The highest BCUT2D eigenvalue weighted by atomic mass is 32.1. The number of thiazole rings is 1. The van der Waals surface area contributed by atoms with E-state index in [0.717, 1.165) is 16.6 Å². The molecule has 0 saturated heterocycles. The van der Waals surface area contributed by atoms with Gasteiger partial charge in [0.1, 0.15) is 16.6 Å². The lowest BCUT2D eigenvalue weighted by Gasteiger charge is -2.12. The zero-order valence-electron chi connectivity index (χ0n) is 9.18. The number of aromatic nitrogens is 2. The zero-order valence-corrected chi connectivity index (χ0v) is 9.99. The van der Waals surface area contributed by atoms with Crippen molar-refractivity contribution in [3.05, 3.63) is 34.9 Å². The monoisotopic (exact) mass is 235 g/mol. The molecule has 84 valence electrons.